The Morgan fingerprint density at radius 2 is 2.31 bits per heavy atom. The van der Waals surface area contributed by atoms with E-state index in [-0.39, 0.29) is 0 Å². The second kappa shape index (κ2) is 4.97. The van der Waals surface area contributed by atoms with Crippen molar-refractivity contribution in [1.29, 1.82) is 0 Å². The minimum absolute atomic E-state index is 0.468. The molecule has 1 aromatic rings. The van der Waals surface area contributed by atoms with E-state index in [9.17, 15) is 0 Å². The molecule has 16 heavy (non-hydrogen) atoms. The smallest absolute Gasteiger partial charge is 0.0625 e. The van der Waals surface area contributed by atoms with Crippen LogP contribution in [0.15, 0.2) is 6.07 Å². The molecule has 0 spiro atoms. The third-order valence-electron chi connectivity index (χ3n) is 3.39. The monoisotopic (exact) mass is 223 g/mol. The van der Waals surface area contributed by atoms with Crippen LogP contribution in [0.2, 0.25) is 0 Å². The molecule has 1 N–H and O–H groups in total. The third kappa shape index (κ3) is 2.44. The van der Waals surface area contributed by atoms with Crippen LogP contribution in [0, 0.1) is 0 Å². The first-order valence-electron chi connectivity index (χ1n) is 6.01. The molecule has 1 aliphatic rings. The number of hydrogen-bond acceptors (Lipinski definition) is 3. The molecule has 0 unspecified atom stereocenters. The maximum Gasteiger partial charge on any atom is 0.0625 e. The average molecular weight is 223 g/mol. The van der Waals surface area contributed by atoms with Gasteiger partial charge in [0.25, 0.3) is 0 Å². The summed E-state index contributed by atoms with van der Waals surface area (Å²) in [5, 5.41) is 7.97. The summed E-state index contributed by atoms with van der Waals surface area (Å²) in [6.45, 7) is 3.04. The van der Waals surface area contributed by atoms with E-state index >= 15 is 0 Å². The van der Waals surface area contributed by atoms with E-state index in [0.717, 1.165) is 25.8 Å². The average Bonchev–Trinajstić information content (AvgIpc) is 2.58. The number of ether oxygens (including phenoxy) is 1. The van der Waals surface area contributed by atoms with Crippen LogP contribution in [0.25, 0.3) is 0 Å². The summed E-state index contributed by atoms with van der Waals surface area (Å²) < 4.78 is 7.23. The number of nitrogens with one attached hydrogen (secondary N) is 1. The topological polar surface area (TPSA) is 39.1 Å². The van der Waals surface area contributed by atoms with Gasteiger partial charge in [0.05, 0.1) is 17.5 Å². The fraction of sp³-hybridized carbons (Fsp3) is 0.750. The van der Waals surface area contributed by atoms with Crippen molar-refractivity contribution in [3.63, 3.8) is 0 Å². The van der Waals surface area contributed by atoms with Crippen LogP contribution in [0.5, 0.6) is 0 Å². The highest BCUT2D eigenvalue weighted by atomic mass is 16.5. The van der Waals surface area contributed by atoms with Crippen LogP contribution in [-0.4, -0.2) is 29.0 Å². The second-order valence-corrected chi connectivity index (χ2v) is 4.51. The first kappa shape index (κ1) is 11.6. The zero-order chi connectivity index (χ0) is 11.5. The van der Waals surface area contributed by atoms with Gasteiger partial charge < -0.3 is 10.1 Å². The number of aryl methyl sites for hydroxylation is 2. The lowest BCUT2D eigenvalue weighted by molar-refractivity contribution is 0.0168. The lowest BCUT2D eigenvalue weighted by atomic mass is 9.89. The quantitative estimate of drug-likeness (QED) is 0.816. The van der Waals surface area contributed by atoms with Crippen molar-refractivity contribution in [3.8, 4) is 0 Å². The van der Waals surface area contributed by atoms with Gasteiger partial charge in [0, 0.05) is 26.7 Å². The van der Waals surface area contributed by atoms with Gasteiger partial charge in [-0.25, -0.2) is 0 Å². The number of methoxy groups -OCH3 is 1. The molecule has 1 aromatic heterocycles. The van der Waals surface area contributed by atoms with Crippen molar-refractivity contribution in [1.82, 2.24) is 15.1 Å². The van der Waals surface area contributed by atoms with E-state index < -0.39 is 0 Å². The van der Waals surface area contributed by atoms with E-state index in [2.05, 4.69) is 23.4 Å². The van der Waals surface area contributed by atoms with Crippen molar-refractivity contribution in [2.45, 2.75) is 44.9 Å². The van der Waals surface area contributed by atoms with Crippen LogP contribution >= 0.6 is 0 Å². The maximum absolute atomic E-state index is 5.26. The second-order valence-electron chi connectivity index (χ2n) is 4.51. The summed E-state index contributed by atoms with van der Waals surface area (Å²) in [7, 11) is 3.80. The summed E-state index contributed by atoms with van der Waals surface area (Å²) in [4.78, 5) is 0. The molecule has 1 fully saturated rings. The highest BCUT2D eigenvalue weighted by Crippen LogP contribution is 2.22. The van der Waals surface area contributed by atoms with Crippen LogP contribution in [0.3, 0.4) is 0 Å². The Hall–Kier alpha value is -0.870. The minimum Gasteiger partial charge on any atom is -0.381 e. The van der Waals surface area contributed by atoms with Gasteiger partial charge >= 0.3 is 0 Å². The minimum atomic E-state index is 0.468. The molecule has 4 heteroatoms. The third-order valence-corrected chi connectivity index (χ3v) is 3.39. The zero-order valence-electron chi connectivity index (χ0n) is 10.4. The Morgan fingerprint density at radius 1 is 1.56 bits per heavy atom. The first-order valence-corrected chi connectivity index (χ1v) is 6.01. The summed E-state index contributed by atoms with van der Waals surface area (Å²) in [6.07, 6.45) is 3.74. The SMILES string of the molecule is CCc1cc(CNC2CC(OC)C2)n(C)n1. The summed E-state index contributed by atoms with van der Waals surface area (Å²) in [5.41, 5.74) is 2.43. The molecule has 1 saturated carbocycles. The fourth-order valence-corrected chi connectivity index (χ4v) is 2.08. The molecule has 0 aromatic carbocycles. The summed E-state index contributed by atoms with van der Waals surface area (Å²) >= 11 is 0. The van der Waals surface area contributed by atoms with Crippen LogP contribution in [-0.2, 0) is 24.8 Å². The first-order chi connectivity index (χ1) is 7.72. The van der Waals surface area contributed by atoms with E-state index in [0.29, 0.717) is 12.1 Å². The van der Waals surface area contributed by atoms with E-state index in [1.54, 1.807) is 7.11 Å². The van der Waals surface area contributed by atoms with E-state index in [1.807, 2.05) is 11.7 Å². The highest BCUT2D eigenvalue weighted by Gasteiger charge is 2.28. The normalized spacial score (nSPS) is 24.4. The number of nitrogens with zero attached hydrogens (tertiary/aromatic N) is 2. The molecule has 1 heterocycles. The summed E-state index contributed by atoms with van der Waals surface area (Å²) in [5.74, 6) is 0. The molecule has 0 atom stereocenters. The standard InChI is InChI=1S/C12H21N3O/c1-4-9-5-11(15(2)14-9)8-13-10-6-12(7-10)16-3/h5,10,12-13H,4,6-8H2,1-3H3. The molecule has 1 aliphatic carbocycles. The highest BCUT2D eigenvalue weighted by molar-refractivity contribution is 5.10. The van der Waals surface area contributed by atoms with Crippen molar-refractivity contribution < 1.29 is 4.74 Å². The summed E-state index contributed by atoms with van der Waals surface area (Å²) in [6, 6.07) is 2.80. The van der Waals surface area contributed by atoms with E-state index in [4.69, 9.17) is 4.74 Å². The lowest BCUT2D eigenvalue weighted by Gasteiger charge is -2.34. The molecule has 0 amide bonds. The Kier molecular flexibility index (Phi) is 3.61. The molecular formula is C12H21N3O. The Labute approximate surface area is 97.0 Å². The molecule has 2 rings (SSSR count). The number of hydrogen-bond donors (Lipinski definition) is 1. The van der Waals surface area contributed by atoms with Crippen molar-refractivity contribution >= 4 is 0 Å². The van der Waals surface area contributed by atoms with Gasteiger partial charge in [-0.1, -0.05) is 6.92 Å². The number of rotatable bonds is 5. The zero-order valence-corrected chi connectivity index (χ0v) is 10.4. The molecule has 0 aliphatic heterocycles. The van der Waals surface area contributed by atoms with Crippen LogP contribution < -0.4 is 5.32 Å². The van der Waals surface area contributed by atoms with Crippen LogP contribution in [0.4, 0.5) is 0 Å². The number of aromatic nitrogens is 2. The predicted octanol–water partition coefficient (Wildman–Crippen LogP) is 1.25. The maximum atomic E-state index is 5.26. The fourth-order valence-electron chi connectivity index (χ4n) is 2.08. The lowest BCUT2D eigenvalue weighted by Crippen LogP contribution is -2.44. The van der Waals surface area contributed by atoms with Gasteiger partial charge in [0.2, 0.25) is 0 Å². The molecule has 4 nitrogen and oxygen atoms in total. The van der Waals surface area contributed by atoms with Crippen LogP contribution in [0.1, 0.15) is 31.2 Å². The van der Waals surface area contributed by atoms with Gasteiger partial charge in [-0.3, -0.25) is 4.68 Å². The molecule has 90 valence electrons. The predicted molar refractivity (Wildman–Crippen MR) is 63.2 cm³/mol. The van der Waals surface area contributed by atoms with Gasteiger partial charge in [-0.2, -0.15) is 5.10 Å². The van der Waals surface area contributed by atoms with Gasteiger partial charge in [0.15, 0.2) is 0 Å². The van der Waals surface area contributed by atoms with E-state index in [1.165, 1.54) is 11.4 Å². The Balaban J connectivity index is 1.79. The molecule has 0 bridgehead atoms. The Bertz CT molecular complexity index is 342. The largest absolute Gasteiger partial charge is 0.381 e. The van der Waals surface area contributed by atoms with Gasteiger partial charge in [0.1, 0.15) is 0 Å². The van der Waals surface area contributed by atoms with Crippen molar-refractivity contribution in [2.24, 2.45) is 7.05 Å². The van der Waals surface area contributed by atoms with Crippen molar-refractivity contribution in [2.75, 3.05) is 7.11 Å². The Morgan fingerprint density at radius 3 is 2.88 bits per heavy atom. The molecule has 0 saturated heterocycles. The molecular weight excluding hydrogens is 202 g/mol. The van der Waals surface area contributed by atoms with Gasteiger partial charge in [-0.15, -0.1) is 0 Å². The van der Waals surface area contributed by atoms with Gasteiger partial charge in [-0.05, 0) is 25.3 Å². The molecule has 0 radical (unpaired) electrons. The van der Waals surface area contributed by atoms with Crippen molar-refractivity contribution in [3.05, 3.63) is 17.5 Å².